The Morgan fingerprint density at radius 1 is 1.11 bits per heavy atom. The van der Waals surface area contributed by atoms with Crippen LogP contribution >= 0.6 is 19.6 Å². The van der Waals surface area contributed by atoms with Gasteiger partial charge in [-0.05, 0) is 87.4 Å². The van der Waals surface area contributed by atoms with Gasteiger partial charge in [-0.25, -0.2) is 13.9 Å². The van der Waals surface area contributed by atoms with Gasteiger partial charge in [0.05, 0.1) is 24.1 Å². The number of β-amino-alcohol motifs (C(OH)–C–C–N with tert-alkyl or cyclic N) is 1. The fraction of sp³-hybridized carbons (Fsp3) is 0.326. The highest BCUT2D eigenvalue weighted by atomic mass is 32.2. The van der Waals surface area contributed by atoms with Gasteiger partial charge in [0, 0.05) is 52.8 Å². The predicted molar refractivity (Wildman–Crippen MR) is 219 cm³/mol. The molecule has 12 heteroatoms. The lowest BCUT2D eigenvalue weighted by molar-refractivity contribution is 0.163. The number of imidazole rings is 1. The largest absolute Gasteiger partial charge is 0.524 e. The molecule has 4 aromatic rings. The molecular formula is C43H49FN3O6PS. The molecule has 0 amide bonds. The minimum atomic E-state index is -4.88. The van der Waals surface area contributed by atoms with E-state index in [9.17, 15) is 29.0 Å². The standard InChI is InChI=1S/C43H49FN3O6PS/c1-43(2,3)45-29-38(49)34-18-19-35(39(28-34)53-54(50,51)52)30-55-37-16-8-7-15-33(22-25-37)42-41(32-20-23-36(44)24-21-32)46-40(17-9-10-27-48)47(42)26-11-14-31-12-5-4-6-13-31/h4-8,12-13,15,18-25,28,37-38,45,48-49H,10-11,14,16,26-27,29-30H2,1-3H3,(H2,50,51,52)/b8-7+,25-22-,33-15+. The second-order valence-electron chi connectivity index (χ2n) is 14.2. The number of aromatic nitrogens is 2. The smallest absolute Gasteiger partial charge is 0.404 e. The minimum absolute atomic E-state index is 0.0170. The van der Waals surface area contributed by atoms with E-state index in [1.54, 1.807) is 36.0 Å². The lowest BCUT2D eigenvalue weighted by Crippen LogP contribution is -2.38. The molecule has 3 aromatic carbocycles. The molecule has 5 N–H and O–H groups in total. The first kappa shape index (κ1) is 41.9. The number of rotatable bonds is 15. The zero-order valence-corrected chi connectivity index (χ0v) is 33.1. The zero-order valence-electron chi connectivity index (χ0n) is 31.4. The molecule has 0 aliphatic heterocycles. The Morgan fingerprint density at radius 3 is 2.58 bits per heavy atom. The van der Waals surface area contributed by atoms with Crippen LogP contribution in [0.25, 0.3) is 16.8 Å². The number of nitrogens with zero attached hydrogens (tertiary/aromatic N) is 2. The van der Waals surface area contributed by atoms with E-state index in [-0.39, 0.29) is 35.5 Å². The number of hydrogen-bond donors (Lipinski definition) is 5. The van der Waals surface area contributed by atoms with Gasteiger partial charge in [0.1, 0.15) is 11.6 Å². The number of benzene rings is 3. The topological polar surface area (TPSA) is 137 Å². The van der Waals surface area contributed by atoms with Crippen LogP contribution in [0.5, 0.6) is 5.75 Å². The average molecular weight is 786 g/mol. The summed E-state index contributed by atoms with van der Waals surface area (Å²) >= 11 is 1.59. The number of aliphatic hydroxyl groups is 2. The van der Waals surface area contributed by atoms with Crippen molar-refractivity contribution in [2.45, 2.75) is 75.6 Å². The average Bonchev–Trinajstić information content (AvgIpc) is 3.48. The summed E-state index contributed by atoms with van der Waals surface area (Å²) in [5, 5.41) is 23.5. The molecule has 1 aliphatic carbocycles. The van der Waals surface area contributed by atoms with Crippen LogP contribution < -0.4 is 9.84 Å². The number of aryl methyl sites for hydroxylation is 1. The van der Waals surface area contributed by atoms with Crippen molar-refractivity contribution < 1.29 is 33.5 Å². The summed E-state index contributed by atoms with van der Waals surface area (Å²) < 4.78 is 33.3. The van der Waals surface area contributed by atoms with E-state index in [4.69, 9.17) is 9.51 Å². The second kappa shape index (κ2) is 19.6. The summed E-state index contributed by atoms with van der Waals surface area (Å²) in [6.07, 6.45) is 12.0. The molecule has 9 nitrogen and oxygen atoms in total. The number of nitrogens with one attached hydrogen (secondary N) is 1. The number of phosphoric acid groups is 1. The van der Waals surface area contributed by atoms with Crippen molar-refractivity contribution in [3.8, 4) is 28.8 Å². The van der Waals surface area contributed by atoms with Crippen LogP contribution in [0.1, 0.15) is 74.3 Å². The van der Waals surface area contributed by atoms with Crippen molar-refractivity contribution in [3.63, 3.8) is 0 Å². The van der Waals surface area contributed by atoms with E-state index >= 15 is 0 Å². The van der Waals surface area contributed by atoms with Gasteiger partial charge < -0.3 is 24.6 Å². The molecule has 0 bridgehead atoms. The summed E-state index contributed by atoms with van der Waals surface area (Å²) in [5.74, 6) is 6.83. The number of thioether (sulfide) groups is 1. The van der Waals surface area contributed by atoms with E-state index in [0.29, 0.717) is 47.8 Å². The highest BCUT2D eigenvalue weighted by Gasteiger charge is 2.23. The number of hydrogen-bond acceptors (Lipinski definition) is 7. The maximum Gasteiger partial charge on any atom is 0.524 e. The lowest BCUT2D eigenvalue weighted by atomic mass is 10.0. The normalized spacial score (nSPS) is 17.2. The zero-order chi connectivity index (χ0) is 39.4. The van der Waals surface area contributed by atoms with Gasteiger partial charge in [-0.1, -0.05) is 78.8 Å². The van der Waals surface area contributed by atoms with E-state index < -0.39 is 13.9 Å². The molecule has 1 aliphatic rings. The monoisotopic (exact) mass is 785 g/mol. The van der Waals surface area contributed by atoms with Gasteiger partial charge in [-0.2, -0.15) is 0 Å². The Morgan fingerprint density at radius 2 is 1.87 bits per heavy atom. The molecule has 2 unspecified atom stereocenters. The van der Waals surface area contributed by atoms with Crippen LogP contribution in [0.4, 0.5) is 4.39 Å². The Balaban J connectivity index is 1.44. The maximum atomic E-state index is 14.1. The van der Waals surface area contributed by atoms with Crippen molar-refractivity contribution in [3.05, 3.63) is 137 Å². The van der Waals surface area contributed by atoms with Crippen molar-refractivity contribution in [2.75, 3.05) is 13.2 Å². The minimum Gasteiger partial charge on any atom is -0.404 e. The predicted octanol–water partition coefficient (Wildman–Crippen LogP) is 8.15. The summed E-state index contributed by atoms with van der Waals surface area (Å²) in [6, 6.07) is 21.5. The van der Waals surface area contributed by atoms with Gasteiger partial charge in [0.25, 0.3) is 0 Å². The van der Waals surface area contributed by atoms with Crippen LogP contribution in [-0.2, 0) is 23.3 Å². The van der Waals surface area contributed by atoms with Crippen LogP contribution in [0.2, 0.25) is 0 Å². The maximum absolute atomic E-state index is 14.1. The van der Waals surface area contributed by atoms with E-state index in [1.807, 2.05) is 51.1 Å². The van der Waals surface area contributed by atoms with Crippen molar-refractivity contribution in [1.29, 1.82) is 0 Å². The first-order valence-corrected chi connectivity index (χ1v) is 20.9. The van der Waals surface area contributed by atoms with Gasteiger partial charge >= 0.3 is 7.82 Å². The summed E-state index contributed by atoms with van der Waals surface area (Å²) in [4.78, 5) is 24.4. The Kier molecular flexibility index (Phi) is 14.9. The van der Waals surface area contributed by atoms with Gasteiger partial charge in [0.2, 0.25) is 0 Å². The first-order chi connectivity index (χ1) is 26.3. The molecule has 55 heavy (non-hydrogen) atoms. The SMILES string of the molecule is CC(C)(C)NCC(O)c1ccc(CSC2\C=C/C(c3c(-c4ccc(F)cc4)nc(C#CCCO)n3CCCc3ccccc3)=C\C=C\C2)c(OP(=O)(O)O)c1. The van der Waals surface area contributed by atoms with E-state index in [1.165, 1.54) is 23.8 Å². The quantitative estimate of drug-likeness (QED) is 0.0598. The third-order valence-electron chi connectivity index (χ3n) is 8.73. The fourth-order valence-electron chi connectivity index (χ4n) is 5.99. The fourth-order valence-corrected chi connectivity index (χ4v) is 7.49. The Labute approximate surface area is 327 Å². The third kappa shape index (κ3) is 12.9. The highest BCUT2D eigenvalue weighted by Crippen LogP contribution is 2.42. The Bertz CT molecular complexity index is 2090. The molecule has 290 valence electrons. The summed E-state index contributed by atoms with van der Waals surface area (Å²) in [7, 11) is -4.88. The molecule has 5 rings (SSSR count). The molecule has 1 heterocycles. The van der Waals surface area contributed by atoms with Gasteiger partial charge in [-0.3, -0.25) is 9.79 Å². The van der Waals surface area contributed by atoms with Gasteiger partial charge in [0.15, 0.2) is 5.82 Å². The number of phosphoric ester groups is 1. The van der Waals surface area contributed by atoms with Crippen LogP contribution in [0.15, 0.2) is 103 Å². The van der Waals surface area contributed by atoms with Crippen molar-refractivity contribution >= 4 is 25.2 Å². The number of halogens is 1. The molecule has 2 atom stereocenters. The third-order valence-corrected chi connectivity index (χ3v) is 10.4. The van der Waals surface area contributed by atoms with Crippen LogP contribution in [0.3, 0.4) is 0 Å². The molecule has 0 fully saturated rings. The number of allylic oxidation sites excluding steroid dienone is 5. The van der Waals surface area contributed by atoms with Gasteiger partial charge in [-0.15, -0.1) is 11.8 Å². The van der Waals surface area contributed by atoms with E-state index in [2.05, 4.69) is 52.1 Å². The molecule has 0 spiro atoms. The lowest BCUT2D eigenvalue weighted by Gasteiger charge is -2.23. The highest BCUT2D eigenvalue weighted by molar-refractivity contribution is 7.99. The molecule has 1 aromatic heterocycles. The number of aliphatic hydroxyl groups excluding tert-OH is 2. The summed E-state index contributed by atoms with van der Waals surface area (Å²) in [6.45, 7) is 6.77. The van der Waals surface area contributed by atoms with Crippen LogP contribution in [0, 0.1) is 17.7 Å². The second-order valence-corrected chi connectivity index (χ2v) is 16.6. The first-order valence-electron chi connectivity index (χ1n) is 18.3. The van der Waals surface area contributed by atoms with Crippen molar-refractivity contribution in [1.82, 2.24) is 14.9 Å². The molecule has 0 radical (unpaired) electrons. The van der Waals surface area contributed by atoms with Crippen LogP contribution in [-0.4, -0.2) is 53.5 Å². The Hall–Kier alpha value is -4.24. The summed E-state index contributed by atoms with van der Waals surface area (Å²) in [5.41, 5.74) is 5.21. The molecule has 0 saturated carbocycles. The van der Waals surface area contributed by atoms with Crippen molar-refractivity contribution in [2.24, 2.45) is 0 Å². The molecule has 0 saturated heterocycles. The van der Waals surface area contributed by atoms with E-state index in [0.717, 1.165) is 29.7 Å². The molecular weight excluding hydrogens is 737 g/mol.